The Balaban J connectivity index is 1.80. The smallest absolute Gasteiger partial charge is 0.187 e. The van der Waals surface area contributed by atoms with Gasteiger partial charge >= 0.3 is 0 Å². The molecule has 0 amide bonds. The van der Waals surface area contributed by atoms with E-state index in [1.54, 1.807) is 41.1 Å². The fraction of sp³-hybridized carbons (Fsp3) is 0.0833. The van der Waals surface area contributed by atoms with Gasteiger partial charge < -0.3 is 0 Å². The lowest BCUT2D eigenvalue weighted by Crippen LogP contribution is -2.07. The van der Waals surface area contributed by atoms with Gasteiger partial charge in [-0.05, 0) is 54.4 Å². The monoisotopic (exact) mass is 454 g/mol. The summed E-state index contributed by atoms with van der Waals surface area (Å²) in [5, 5.41) is 6.20. The lowest BCUT2D eigenvalue weighted by atomic mass is 10.0. The third kappa shape index (κ3) is 4.29. The molecule has 4 rings (SSSR count). The Kier molecular flexibility index (Phi) is 5.96. The fourth-order valence-electron chi connectivity index (χ4n) is 3.25. The second-order valence-corrected chi connectivity index (χ2v) is 8.24. The Bertz CT molecular complexity index is 1230. The first-order valence-corrected chi connectivity index (χ1v) is 10.4. The summed E-state index contributed by atoms with van der Waals surface area (Å²) in [6, 6.07) is 22.2. The summed E-state index contributed by atoms with van der Waals surface area (Å²) in [6.45, 7) is 1.99. The fourth-order valence-corrected chi connectivity index (χ4v) is 3.87. The van der Waals surface area contributed by atoms with E-state index in [1.807, 2.05) is 43.3 Å². The van der Waals surface area contributed by atoms with E-state index in [9.17, 15) is 4.79 Å². The number of ketones is 1. The second-order valence-electron chi connectivity index (χ2n) is 6.96. The molecule has 150 valence electrons. The molecule has 0 N–H and O–H groups in total. The Hall–Kier alpha value is -2.59. The van der Waals surface area contributed by atoms with Crippen LogP contribution in [0, 0.1) is 6.92 Å². The Morgan fingerprint density at radius 3 is 2.30 bits per heavy atom. The van der Waals surface area contributed by atoms with Crippen molar-refractivity contribution in [1.82, 2.24) is 9.78 Å². The van der Waals surface area contributed by atoms with Crippen molar-refractivity contribution >= 4 is 40.6 Å². The number of aromatic nitrogens is 2. The topological polar surface area (TPSA) is 34.9 Å². The van der Waals surface area contributed by atoms with Crippen LogP contribution in [0.25, 0.3) is 16.9 Å². The van der Waals surface area contributed by atoms with Crippen molar-refractivity contribution < 1.29 is 4.79 Å². The highest BCUT2D eigenvalue weighted by Gasteiger charge is 2.19. The van der Waals surface area contributed by atoms with Crippen molar-refractivity contribution in [2.24, 2.45) is 0 Å². The Labute approximate surface area is 189 Å². The summed E-state index contributed by atoms with van der Waals surface area (Å²) in [6.07, 6.45) is 0.276. The quantitative estimate of drug-likeness (QED) is 0.297. The van der Waals surface area contributed by atoms with Gasteiger partial charge in [-0.3, -0.25) is 4.79 Å². The number of hydrogen-bond acceptors (Lipinski definition) is 2. The predicted molar refractivity (Wildman–Crippen MR) is 123 cm³/mol. The lowest BCUT2D eigenvalue weighted by Gasteiger charge is -2.10. The summed E-state index contributed by atoms with van der Waals surface area (Å²) < 4.78 is 1.67. The molecular weight excluding hydrogens is 439 g/mol. The molecule has 1 heterocycles. The zero-order valence-electron chi connectivity index (χ0n) is 16.1. The predicted octanol–water partition coefficient (Wildman–Crippen LogP) is 7.23. The number of hydrogen-bond donors (Lipinski definition) is 0. The molecule has 3 aromatic carbocycles. The normalized spacial score (nSPS) is 10.9. The molecule has 6 heteroatoms. The first-order chi connectivity index (χ1) is 14.4. The molecule has 0 aliphatic rings. The zero-order valence-corrected chi connectivity index (χ0v) is 18.3. The van der Waals surface area contributed by atoms with Crippen molar-refractivity contribution in [3.63, 3.8) is 0 Å². The van der Waals surface area contributed by atoms with Gasteiger partial charge in [0, 0.05) is 22.0 Å². The van der Waals surface area contributed by atoms with Crippen LogP contribution in [-0.2, 0) is 6.42 Å². The Morgan fingerprint density at radius 2 is 1.60 bits per heavy atom. The molecule has 30 heavy (non-hydrogen) atoms. The highest BCUT2D eigenvalue weighted by Crippen LogP contribution is 2.30. The van der Waals surface area contributed by atoms with Crippen molar-refractivity contribution in [3.05, 3.63) is 105 Å². The first-order valence-electron chi connectivity index (χ1n) is 9.31. The van der Waals surface area contributed by atoms with E-state index in [4.69, 9.17) is 34.8 Å². The molecule has 0 saturated carbocycles. The van der Waals surface area contributed by atoms with E-state index in [-0.39, 0.29) is 12.2 Å². The summed E-state index contributed by atoms with van der Waals surface area (Å²) in [5.41, 5.74) is 4.67. The van der Waals surface area contributed by atoms with Gasteiger partial charge in [0.2, 0.25) is 0 Å². The van der Waals surface area contributed by atoms with Crippen LogP contribution in [0.15, 0.2) is 72.8 Å². The van der Waals surface area contributed by atoms with Crippen LogP contribution in [0.3, 0.4) is 0 Å². The summed E-state index contributed by atoms with van der Waals surface area (Å²) in [7, 11) is 0. The average molecular weight is 456 g/mol. The molecule has 0 spiro atoms. The van der Waals surface area contributed by atoms with E-state index in [2.05, 4.69) is 5.10 Å². The number of aryl methyl sites for hydroxylation is 1. The summed E-state index contributed by atoms with van der Waals surface area (Å²) in [4.78, 5) is 13.0. The molecule has 1 aromatic heterocycles. The minimum Gasteiger partial charge on any atom is -0.292 e. The summed E-state index contributed by atoms with van der Waals surface area (Å²) in [5.74, 6) is -0.0663. The number of carbonyl (C=O) groups is 1. The van der Waals surface area contributed by atoms with Crippen molar-refractivity contribution in [1.29, 1.82) is 0 Å². The molecule has 0 saturated heterocycles. The molecule has 0 bridgehead atoms. The van der Waals surface area contributed by atoms with Crippen LogP contribution in [0.2, 0.25) is 15.1 Å². The number of Topliss-reactive ketones (excluding diaryl/α,β-unsaturated/α-hetero) is 1. The summed E-state index contributed by atoms with van der Waals surface area (Å²) >= 11 is 18.5. The lowest BCUT2D eigenvalue weighted by molar-refractivity contribution is 0.0987. The van der Waals surface area contributed by atoms with Crippen LogP contribution < -0.4 is 0 Å². The first kappa shape index (κ1) is 20.7. The molecule has 0 unspecified atom stereocenters. The van der Waals surface area contributed by atoms with Crippen molar-refractivity contribution in [3.8, 4) is 16.9 Å². The number of carbonyl (C=O) groups excluding carboxylic acids is 1. The maximum absolute atomic E-state index is 13.0. The highest BCUT2D eigenvalue weighted by atomic mass is 35.5. The van der Waals surface area contributed by atoms with Gasteiger partial charge in [0.1, 0.15) is 5.69 Å². The molecule has 0 atom stereocenters. The largest absolute Gasteiger partial charge is 0.292 e. The third-order valence-electron chi connectivity index (χ3n) is 4.89. The van der Waals surface area contributed by atoms with Gasteiger partial charge in [-0.2, -0.15) is 5.10 Å². The maximum atomic E-state index is 13.0. The minimum atomic E-state index is -0.0663. The Morgan fingerprint density at radius 1 is 0.900 bits per heavy atom. The number of halogens is 3. The molecule has 4 aromatic rings. The van der Waals surface area contributed by atoms with E-state index in [0.717, 1.165) is 22.4 Å². The molecule has 3 nitrogen and oxygen atoms in total. The maximum Gasteiger partial charge on any atom is 0.187 e. The van der Waals surface area contributed by atoms with Crippen LogP contribution >= 0.6 is 34.8 Å². The van der Waals surface area contributed by atoms with E-state index < -0.39 is 0 Å². The van der Waals surface area contributed by atoms with Crippen LogP contribution in [-0.4, -0.2) is 15.6 Å². The standard InChI is InChI=1S/C24H17Cl3N2O/c1-15-4-2-3-5-17(15)12-24(30)21-14-23(16-6-8-18(25)9-7-16)29(28-21)22-11-10-19(26)13-20(22)27/h2-11,13-14H,12H2,1H3. The number of rotatable bonds is 5. The van der Waals surface area contributed by atoms with Gasteiger partial charge in [-0.25, -0.2) is 4.68 Å². The number of nitrogens with zero attached hydrogens (tertiary/aromatic N) is 2. The zero-order chi connectivity index (χ0) is 21.3. The van der Waals surface area contributed by atoms with Crippen LogP contribution in [0.1, 0.15) is 21.6 Å². The highest BCUT2D eigenvalue weighted by molar-refractivity contribution is 6.35. The molecule has 0 fully saturated rings. The number of benzene rings is 3. The molecular formula is C24H17Cl3N2O. The van der Waals surface area contributed by atoms with Crippen molar-refractivity contribution in [2.75, 3.05) is 0 Å². The van der Waals surface area contributed by atoms with Crippen molar-refractivity contribution in [2.45, 2.75) is 13.3 Å². The van der Waals surface area contributed by atoms with Crippen LogP contribution in [0.5, 0.6) is 0 Å². The molecule has 0 aliphatic carbocycles. The molecule has 0 radical (unpaired) electrons. The van der Waals surface area contributed by atoms with E-state index in [1.165, 1.54) is 0 Å². The van der Waals surface area contributed by atoms with Gasteiger partial charge in [0.15, 0.2) is 5.78 Å². The SMILES string of the molecule is Cc1ccccc1CC(=O)c1cc(-c2ccc(Cl)cc2)n(-c2ccc(Cl)cc2Cl)n1. The second kappa shape index (κ2) is 8.65. The average Bonchev–Trinajstić information content (AvgIpc) is 3.15. The van der Waals surface area contributed by atoms with Gasteiger partial charge in [-0.15, -0.1) is 0 Å². The van der Waals surface area contributed by atoms with Crippen LogP contribution in [0.4, 0.5) is 0 Å². The third-order valence-corrected chi connectivity index (χ3v) is 5.68. The van der Waals surface area contributed by atoms with Gasteiger partial charge in [0.05, 0.1) is 16.4 Å². The van der Waals surface area contributed by atoms with E-state index in [0.29, 0.717) is 26.4 Å². The minimum absolute atomic E-state index is 0.0663. The van der Waals surface area contributed by atoms with E-state index >= 15 is 0 Å². The molecule has 0 aliphatic heterocycles. The van der Waals surface area contributed by atoms with Gasteiger partial charge in [0.25, 0.3) is 0 Å². The van der Waals surface area contributed by atoms with Gasteiger partial charge in [-0.1, -0.05) is 71.2 Å².